The summed E-state index contributed by atoms with van der Waals surface area (Å²) in [5.74, 6) is 1.19. The van der Waals surface area contributed by atoms with Gasteiger partial charge >= 0.3 is 0 Å². The zero-order chi connectivity index (χ0) is 19.3. The first-order valence-corrected chi connectivity index (χ1v) is 9.31. The van der Waals surface area contributed by atoms with E-state index >= 15 is 0 Å². The lowest BCUT2D eigenvalue weighted by Gasteiger charge is -2.18. The highest BCUT2D eigenvalue weighted by Crippen LogP contribution is 2.37. The first-order chi connectivity index (χ1) is 12.2. The van der Waals surface area contributed by atoms with Crippen molar-refractivity contribution in [2.24, 2.45) is 4.99 Å². The van der Waals surface area contributed by atoms with E-state index in [0.29, 0.717) is 16.5 Å². The molecule has 0 aliphatic heterocycles. The van der Waals surface area contributed by atoms with E-state index in [1.54, 1.807) is 13.3 Å². The Morgan fingerprint density at radius 1 is 1.15 bits per heavy atom. The van der Waals surface area contributed by atoms with Crippen LogP contribution in [0.4, 0.5) is 5.69 Å². The summed E-state index contributed by atoms with van der Waals surface area (Å²) in [5, 5.41) is 0.522. The predicted octanol–water partition coefficient (Wildman–Crippen LogP) is 6.57. The topological polar surface area (TPSA) is 30.8 Å². The van der Waals surface area contributed by atoms with Gasteiger partial charge < -0.3 is 9.47 Å². The van der Waals surface area contributed by atoms with Crippen LogP contribution in [0.5, 0.6) is 11.5 Å². The molecule has 0 amide bonds. The number of ether oxygens (including phenoxy) is 2. The molecule has 0 fully saturated rings. The molecule has 0 spiro atoms. The van der Waals surface area contributed by atoms with Gasteiger partial charge in [0.05, 0.1) is 23.9 Å². The average Bonchev–Trinajstić information content (AvgIpc) is 2.61. The summed E-state index contributed by atoms with van der Waals surface area (Å²) in [6, 6.07) is 12.0. The summed E-state index contributed by atoms with van der Waals surface area (Å²) < 4.78 is 11.3. The summed E-state index contributed by atoms with van der Waals surface area (Å²) in [6.07, 6.45) is 2.75. The lowest BCUT2D eigenvalue weighted by Crippen LogP contribution is -2.11. The summed E-state index contributed by atoms with van der Waals surface area (Å²) in [7, 11) is 1.61. The summed E-state index contributed by atoms with van der Waals surface area (Å²) in [5.41, 5.74) is 3.18. The van der Waals surface area contributed by atoms with Gasteiger partial charge in [-0.2, -0.15) is 0 Å². The molecule has 0 saturated carbocycles. The average molecular weight is 374 g/mol. The SMILES string of the molecule is CC[C@H](C)Oc1c(Cl)cc(C=Nc2ccc(C(C)(C)C)cc2)cc1OC. The van der Waals surface area contributed by atoms with E-state index in [1.807, 2.05) is 31.2 Å². The van der Waals surface area contributed by atoms with Crippen molar-refractivity contribution in [2.45, 2.75) is 52.6 Å². The van der Waals surface area contributed by atoms with Crippen LogP contribution in [-0.4, -0.2) is 19.4 Å². The van der Waals surface area contributed by atoms with Crippen LogP contribution in [0.25, 0.3) is 0 Å². The van der Waals surface area contributed by atoms with Crippen molar-refractivity contribution < 1.29 is 9.47 Å². The largest absolute Gasteiger partial charge is 0.493 e. The molecule has 3 nitrogen and oxygen atoms in total. The second-order valence-electron chi connectivity index (χ2n) is 7.43. The Balaban J connectivity index is 2.24. The summed E-state index contributed by atoms with van der Waals surface area (Å²) in [4.78, 5) is 4.54. The Labute approximate surface area is 162 Å². The fraction of sp³-hybridized carbons (Fsp3) is 0.409. The second kappa shape index (κ2) is 8.59. The van der Waals surface area contributed by atoms with Gasteiger partial charge in [-0.1, -0.05) is 51.4 Å². The molecule has 0 aliphatic rings. The number of hydrogen-bond donors (Lipinski definition) is 0. The van der Waals surface area contributed by atoms with Gasteiger partial charge in [-0.05, 0) is 54.2 Å². The number of hydrogen-bond acceptors (Lipinski definition) is 3. The number of rotatable bonds is 6. The maximum Gasteiger partial charge on any atom is 0.180 e. The molecule has 26 heavy (non-hydrogen) atoms. The number of halogens is 1. The van der Waals surface area contributed by atoms with Crippen molar-refractivity contribution in [1.29, 1.82) is 0 Å². The minimum atomic E-state index is 0.0715. The molecule has 0 saturated heterocycles. The molecule has 1 atom stereocenters. The first-order valence-electron chi connectivity index (χ1n) is 8.93. The number of nitrogens with zero attached hydrogens (tertiary/aromatic N) is 1. The van der Waals surface area contributed by atoms with Crippen LogP contribution in [0, 0.1) is 0 Å². The zero-order valence-corrected chi connectivity index (χ0v) is 17.2. The third-order valence-corrected chi connectivity index (χ3v) is 4.52. The Bertz CT molecular complexity index is 761. The van der Waals surface area contributed by atoms with E-state index in [4.69, 9.17) is 21.1 Å². The molecule has 0 bridgehead atoms. The van der Waals surface area contributed by atoms with Crippen molar-refractivity contribution in [2.75, 3.05) is 7.11 Å². The van der Waals surface area contributed by atoms with Gasteiger partial charge in [0, 0.05) is 6.21 Å². The smallest absolute Gasteiger partial charge is 0.180 e. The Morgan fingerprint density at radius 2 is 1.81 bits per heavy atom. The Morgan fingerprint density at radius 3 is 2.35 bits per heavy atom. The van der Waals surface area contributed by atoms with Crippen LogP contribution in [0.15, 0.2) is 41.4 Å². The highest BCUT2D eigenvalue weighted by molar-refractivity contribution is 6.32. The van der Waals surface area contributed by atoms with Crippen LogP contribution in [0.3, 0.4) is 0 Å². The second-order valence-corrected chi connectivity index (χ2v) is 7.83. The highest BCUT2D eigenvalue weighted by Gasteiger charge is 2.14. The van der Waals surface area contributed by atoms with Crippen LogP contribution >= 0.6 is 11.6 Å². The maximum absolute atomic E-state index is 6.40. The molecule has 0 heterocycles. The predicted molar refractivity (Wildman–Crippen MR) is 111 cm³/mol. The fourth-order valence-electron chi connectivity index (χ4n) is 2.41. The van der Waals surface area contributed by atoms with E-state index in [9.17, 15) is 0 Å². The van der Waals surface area contributed by atoms with E-state index in [0.717, 1.165) is 17.7 Å². The minimum absolute atomic E-state index is 0.0715. The first kappa shape index (κ1) is 20.3. The van der Waals surface area contributed by atoms with E-state index in [-0.39, 0.29) is 11.5 Å². The lowest BCUT2D eigenvalue weighted by atomic mass is 9.87. The zero-order valence-electron chi connectivity index (χ0n) is 16.5. The third kappa shape index (κ3) is 5.25. The van der Waals surface area contributed by atoms with E-state index in [1.165, 1.54) is 5.56 Å². The van der Waals surface area contributed by atoms with Gasteiger partial charge in [0.2, 0.25) is 0 Å². The number of methoxy groups -OCH3 is 1. The molecular weight excluding hydrogens is 346 g/mol. The molecule has 4 heteroatoms. The van der Waals surface area contributed by atoms with Gasteiger partial charge in [-0.15, -0.1) is 0 Å². The van der Waals surface area contributed by atoms with Gasteiger partial charge in [-0.3, -0.25) is 4.99 Å². The maximum atomic E-state index is 6.40. The van der Waals surface area contributed by atoms with Gasteiger partial charge in [0.25, 0.3) is 0 Å². The summed E-state index contributed by atoms with van der Waals surface area (Å²) in [6.45, 7) is 10.7. The van der Waals surface area contributed by atoms with Crippen LogP contribution in [0.2, 0.25) is 5.02 Å². The van der Waals surface area contributed by atoms with Crippen LogP contribution in [-0.2, 0) is 5.41 Å². The molecular formula is C22H28ClNO2. The molecule has 140 valence electrons. The molecule has 0 radical (unpaired) electrons. The minimum Gasteiger partial charge on any atom is -0.493 e. The molecule has 0 N–H and O–H groups in total. The van der Waals surface area contributed by atoms with Crippen LogP contribution < -0.4 is 9.47 Å². The normalized spacial score (nSPS) is 13.0. The molecule has 0 aliphatic carbocycles. The van der Waals surface area contributed by atoms with Gasteiger partial charge in [-0.25, -0.2) is 0 Å². The van der Waals surface area contributed by atoms with Crippen LogP contribution in [0.1, 0.15) is 52.2 Å². The fourth-order valence-corrected chi connectivity index (χ4v) is 2.67. The molecule has 2 aromatic rings. The number of aliphatic imine (C=N–C) groups is 1. The molecule has 0 aromatic heterocycles. The van der Waals surface area contributed by atoms with Gasteiger partial charge in [0.15, 0.2) is 11.5 Å². The summed E-state index contributed by atoms with van der Waals surface area (Å²) >= 11 is 6.40. The van der Waals surface area contributed by atoms with E-state index in [2.05, 4.69) is 44.8 Å². The van der Waals surface area contributed by atoms with Crippen molar-refractivity contribution in [3.8, 4) is 11.5 Å². The Kier molecular flexibility index (Phi) is 6.71. The molecule has 2 aromatic carbocycles. The Hall–Kier alpha value is -2.00. The van der Waals surface area contributed by atoms with Crippen molar-refractivity contribution in [3.05, 3.63) is 52.5 Å². The van der Waals surface area contributed by atoms with E-state index < -0.39 is 0 Å². The standard InChI is InChI=1S/C22H28ClNO2/c1-7-15(2)26-21-19(23)12-16(13-20(21)25-6)14-24-18-10-8-17(9-11-18)22(3,4)5/h8-15H,7H2,1-6H3/t15-/m0/s1. The van der Waals surface area contributed by atoms with Crippen molar-refractivity contribution >= 4 is 23.5 Å². The quantitative estimate of drug-likeness (QED) is 0.536. The van der Waals surface area contributed by atoms with Crippen molar-refractivity contribution in [1.82, 2.24) is 0 Å². The third-order valence-electron chi connectivity index (χ3n) is 4.24. The lowest BCUT2D eigenvalue weighted by molar-refractivity contribution is 0.208. The molecule has 0 unspecified atom stereocenters. The highest BCUT2D eigenvalue weighted by atomic mass is 35.5. The number of benzene rings is 2. The van der Waals surface area contributed by atoms with Gasteiger partial charge in [0.1, 0.15) is 0 Å². The molecule has 2 rings (SSSR count). The van der Waals surface area contributed by atoms with Crippen molar-refractivity contribution in [3.63, 3.8) is 0 Å². The monoisotopic (exact) mass is 373 g/mol.